The van der Waals surface area contributed by atoms with Gasteiger partial charge in [0.25, 0.3) is 5.56 Å². The summed E-state index contributed by atoms with van der Waals surface area (Å²) >= 11 is 0. The fraction of sp³-hybridized carbons (Fsp3) is 0.333. The summed E-state index contributed by atoms with van der Waals surface area (Å²) in [6, 6.07) is 13.7. The van der Waals surface area contributed by atoms with Crippen LogP contribution in [0.1, 0.15) is 23.6 Å². The number of nitrogens with one attached hydrogen (secondary N) is 1. The van der Waals surface area contributed by atoms with Crippen molar-refractivity contribution in [2.75, 3.05) is 13.1 Å². The molecule has 3 rings (SSSR count). The maximum atomic E-state index is 12.0. The van der Waals surface area contributed by atoms with Crippen molar-refractivity contribution in [2.24, 2.45) is 7.05 Å². The fourth-order valence-corrected chi connectivity index (χ4v) is 2.99. The van der Waals surface area contributed by atoms with Crippen molar-refractivity contribution in [3.05, 3.63) is 70.1 Å². The van der Waals surface area contributed by atoms with E-state index in [0.717, 1.165) is 17.7 Å². The van der Waals surface area contributed by atoms with Gasteiger partial charge in [-0.2, -0.15) is 0 Å². The predicted octanol–water partition coefficient (Wildman–Crippen LogP) is 1.45. The molecule has 2 aromatic rings. The van der Waals surface area contributed by atoms with Crippen LogP contribution in [0.2, 0.25) is 0 Å². The minimum absolute atomic E-state index is 0.0113. The van der Waals surface area contributed by atoms with Gasteiger partial charge in [0.2, 0.25) is 5.91 Å². The standard InChI is InChI=1S/C18H21N3O2/c1-20-9-7-14(11-18(20)23)13-21-10-8-19-17(22)12-16(21)15-5-3-2-4-6-15/h2-7,9,11,16H,8,10,12-13H2,1H3,(H,19,22). The van der Waals surface area contributed by atoms with E-state index in [2.05, 4.69) is 22.3 Å². The van der Waals surface area contributed by atoms with E-state index in [4.69, 9.17) is 0 Å². The van der Waals surface area contributed by atoms with E-state index in [1.807, 2.05) is 24.3 Å². The Morgan fingerprint density at radius 3 is 2.70 bits per heavy atom. The Balaban J connectivity index is 1.88. The van der Waals surface area contributed by atoms with Crippen LogP contribution in [0.15, 0.2) is 53.5 Å². The Morgan fingerprint density at radius 1 is 1.17 bits per heavy atom. The lowest BCUT2D eigenvalue weighted by Gasteiger charge is -2.29. The number of carbonyl (C=O) groups is 1. The van der Waals surface area contributed by atoms with Gasteiger partial charge in [-0.1, -0.05) is 30.3 Å². The highest BCUT2D eigenvalue weighted by Crippen LogP contribution is 2.26. The van der Waals surface area contributed by atoms with E-state index in [1.165, 1.54) is 0 Å². The molecule has 0 saturated carbocycles. The molecule has 1 unspecified atom stereocenters. The number of hydrogen-bond donors (Lipinski definition) is 1. The van der Waals surface area contributed by atoms with Crippen molar-refractivity contribution < 1.29 is 4.79 Å². The average Bonchev–Trinajstić information content (AvgIpc) is 2.73. The molecular formula is C18H21N3O2. The maximum Gasteiger partial charge on any atom is 0.250 e. The molecule has 2 heterocycles. The molecule has 23 heavy (non-hydrogen) atoms. The Morgan fingerprint density at radius 2 is 1.96 bits per heavy atom. The van der Waals surface area contributed by atoms with E-state index in [1.54, 1.807) is 23.9 Å². The number of nitrogens with zero attached hydrogens (tertiary/aromatic N) is 2. The molecule has 5 heteroatoms. The molecule has 1 aromatic heterocycles. The molecule has 5 nitrogen and oxygen atoms in total. The van der Waals surface area contributed by atoms with E-state index in [0.29, 0.717) is 19.5 Å². The lowest BCUT2D eigenvalue weighted by molar-refractivity contribution is -0.121. The maximum absolute atomic E-state index is 12.0. The molecule has 1 aliphatic heterocycles. The van der Waals surface area contributed by atoms with Crippen LogP contribution in [-0.4, -0.2) is 28.5 Å². The van der Waals surface area contributed by atoms with Gasteiger partial charge >= 0.3 is 0 Å². The van der Waals surface area contributed by atoms with Crippen molar-refractivity contribution in [3.8, 4) is 0 Å². The third-order valence-electron chi connectivity index (χ3n) is 4.28. The van der Waals surface area contributed by atoms with Gasteiger partial charge in [-0.3, -0.25) is 14.5 Å². The lowest BCUT2D eigenvalue weighted by Crippen LogP contribution is -2.31. The topological polar surface area (TPSA) is 54.3 Å². The van der Waals surface area contributed by atoms with E-state index in [-0.39, 0.29) is 17.5 Å². The van der Waals surface area contributed by atoms with Crippen LogP contribution >= 0.6 is 0 Å². The molecule has 1 amide bonds. The SMILES string of the molecule is Cn1ccc(CN2CCNC(=O)CC2c2ccccc2)cc1=O. The van der Waals surface area contributed by atoms with Gasteiger partial charge in [0, 0.05) is 51.4 Å². The highest BCUT2D eigenvalue weighted by Gasteiger charge is 2.26. The number of benzene rings is 1. The Labute approximate surface area is 135 Å². The van der Waals surface area contributed by atoms with Gasteiger partial charge in [0.05, 0.1) is 0 Å². The highest BCUT2D eigenvalue weighted by molar-refractivity contribution is 5.77. The molecule has 1 aliphatic rings. The van der Waals surface area contributed by atoms with Gasteiger partial charge in [0.1, 0.15) is 0 Å². The average molecular weight is 311 g/mol. The van der Waals surface area contributed by atoms with Crippen molar-refractivity contribution in [1.29, 1.82) is 0 Å². The quantitative estimate of drug-likeness (QED) is 0.933. The first kappa shape index (κ1) is 15.5. The molecule has 1 saturated heterocycles. The van der Waals surface area contributed by atoms with Crippen LogP contribution in [0, 0.1) is 0 Å². The number of rotatable bonds is 3. The van der Waals surface area contributed by atoms with Crippen molar-refractivity contribution >= 4 is 5.91 Å². The largest absolute Gasteiger partial charge is 0.355 e. The van der Waals surface area contributed by atoms with E-state index < -0.39 is 0 Å². The van der Waals surface area contributed by atoms with Gasteiger partial charge < -0.3 is 9.88 Å². The summed E-state index contributed by atoms with van der Waals surface area (Å²) in [6.07, 6.45) is 2.23. The zero-order chi connectivity index (χ0) is 16.2. The van der Waals surface area contributed by atoms with Crippen LogP contribution in [0.25, 0.3) is 0 Å². The van der Waals surface area contributed by atoms with Crippen LogP contribution in [0.5, 0.6) is 0 Å². The number of carbonyl (C=O) groups excluding carboxylic acids is 1. The first-order valence-electron chi connectivity index (χ1n) is 7.85. The summed E-state index contributed by atoms with van der Waals surface area (Å²) in [7, 11) is 1.74. The van der Waals surface area contributed by atoms with Gasteiger partial charge in [-0.15, -0.1) is 0 Å². The number of aromatic nitrogens is 1. The first-order chi connectivity index (χ1) is 11.1. The molecular weight excluding hydrogens is 290 g/mol. The first-order valence-corrected chi connectivity index (χ1v) is 7.85. The monoisotopic (exact) mass is 311 g/mol. The molecule has 0 spiro atoms. The second-order valence-corrected chi connectivity index (χ2v) is 5.94. The number of aryl methyl sites for hydroxylation is 1. The Bertz CT molecular complexity index is 739. The highest BCUT2D eigenvalue weighted by atomic mass is 16.1. The third-order valence-corrected chi connectivity index (χ3v) is 4.28. The minimum atomic E-state index is -0.0113. The molecule has 1 fully saturated rings. The van der Waals surface area contributed by atoms with Crippen LogP contribution < -0.4 is 10.9 Å². The Hall–Kier alpha value is -2.40. The summed E-state index contributed by atoms with van der Waals surface area (Å²) in [6.45, 7) is 2.05. The summed E-state index contributed by atoms with van der Waals surface area (Å²) in [5.74, 6) is 0.0744. The van der Waals surface area contributed by atoms with E-state index in [9.17, 15) is 9.59 Å². The van der Waals surface area contributed by atoms with Crippen molar-refractivity contribution in [3.63, 3.8) is 0 Å². The summed E-state index contributed by atoms with van der Waals surface area (Å²) in [5.41, 5.74) is 2.10. The normalized spacial score (nSPS) is 19.2. The second kappa shape index (κ2) is 6.79. The molecule has 120 valence electrons. The lowest BCUT2D eigenvalue weighted by atomic mass is 10.0. The molecule has 0 bridgehead atoms. The van der Waals surface area contributed by atoms with Crippen LogP contribution in [0.3, 0.4) is 0 Å². The van der Waals surface area contributed by atoms with Crippen molar-refractivity contribution in [1.82, 2.24) is 14.8 Å². The van der Waals surface area contributed by atoms with Gasteiger partial charge in [-0.25, -0.2) is 0 Å². The molecule has 0 aliphatic carbocycles. The smallest absolute Gasteiger partial charge is 0.250 e. The predicted molar refractivity (Wildman–Crippen MR) is 88.9 cm³/mol. The third kappa shape index (κ3) is 3.68. The molecule has 1 atom stereocenters. The minimum Gasteiger partial charge on any atom is -0.355 e. The number of amides is 1. The molecule has 1 aromatic carbocycles. The second-order valence-electron chi connectivity index (χ2n) is 5.94. The molecule has 1 N–H and O–H groups in total. The zero-order valence-electron chi connectivity index (χ0n) is 13.2. The fourth-order valence-electron chi connectivity index (χ4n) is 2.99. The van der Waals surface area contributed by atoms with Crippen molar-refractivity contribution in [2.45, 2.75) is 19.0 Å². The number of hydrogen-bond acceptors (Lipinski definition) is 3. The Kier molecular flexibility index (Phi) is 4.57. The van der Waals surface area contributed by atoms with Crippen LogP contribution in [-0.2, 0) is 18.4 Å². The summed E-state index contributed by atoms with van der Waals surface area (Å²) < 4.78 is 1.56. The van der Waals surface area contributed by atoms with Crippen LogP contribution in [0.4, 0.5) is 0 Å². The zero-order valence-corrected chi connectivity index (χ0v) is 13.2. The number of pyridine rings is 1. The molecule has 0 radical (unpaired) electrons. The summed E-state index contributed by atoms with van der Waals surface area (Å²) in [5, 5.41) is 2.93. The summed E-state index contributed by atoms with van der Waals surface area (Å²) in [4.78, 5) is 26.1. The van der Waals surface area contributed by atoms with Gasteiger partial charge in [0.15, 0.2) is 0 Å². The van der Waals surface area contributed by atoms with Gasteiger partial charge in [-0.05, 0) is 17.2 Å². The van der Waals surface area contributed by atoms with E-state index >= 15 is 0 Å².